The van der Waals surface area contributed by atoms with Crippen LogP contribution in [-0.2, 0) is 9.59 Å². The van der Waals surface area contributed by atoms with E-state index < -0.39 is 0 Å². The lowest BCUT2D eigenvalue weighted by Gasteiger charge is -2.12. The van der Waals surface area contributed by atoms with Gasteiger partial charge >= 0.3 is 0 Å². The van der Waals surface area contributed by atoms with E-state index in [1.807, 2.05) is 79.8 Å². The van der Waals surface area contributed by atoms with Crippen molar-refractivity contribution < 1.29 is 9.59 Å². The molecule has 0 spiro atoms. The van der Waals surface area contributed by atoms with Gasteiger partial charge in [0.2, 0.25) is 5.91 Å². The Balaban J connectivity index is 2.30. The number of para-hydroxylation sites is 1. The number of amides is 2. The van der Waals surface area contributed by atoms with E-state index in [0.29, 0.717) is 11.3 Å². The third kappa shape index (κ3) is 3.11. The molecule has 2 amide bonds. The van der Waals surface area contributed by atoms with Crippen molar-refractivity contribution >= 4 is 28.6 Å². The molecule has 2 aromatic carbocycles. The van der Waals surface area contributed by atoms with Gasteiger partial charge < -0.3 is 4.90 Å². The highest BCUT2D eigenvalue weighted by Gasteiger charge is 2.36. The summed E-state index contributed by atoms with van der Waals surface area (Å²) in [4.78, 5) is 28.3. The van der Waals surface area contributed by atoms with Crippen molar-refractivity contribution in [2.75, 3.05) is 19.0 Å². The van der Waals surface area contributed by atoms with Gasteiger partial charge in [-0.3, -0.25) is 9.59 Å². The van der Waals surface area contributed by atoms with Crippen LogP contribution in [-0.4, -0.2) is 30.8 Å². The van der Waals surface area contributed by atoms with Gasteiger partial charge in [-0.25, -0.2) is 4.90 Å². The molecule has 1 heterocycles. The molecule has 0 aromatic heterocycles. The lowest BCUT2D eigenvalue weighted by atomic mass is 9.95. The van der Waals surface area contributed by atoms with Crippen LogP contribution < -0.4 is 4.90 Å². The Kier molecular flexibility index (Phi) is 4.52. The first-order valence-corrected chi connectivity index (χ1v) is 8.09. The molecular weight excluding hydrogens is 312 g/mol. The van der Waals surface area contributed by atoms with E-state index in [0.717, 1.165) is 16.7 Å². The Morgan fingerprint density at radius 3 is 2.28 bits per heavy atom. The van der Waals surface area contributed by atoms with Gasteiger partial charge in [0.1, 0.15) is 0 Å². The number of benzene rings is 2. The summed E-state index contributed by atoms with van der Waals surface area (Å²) in [7, 11) is 3.85. The summed E-state index contributed by atoms with van der Waals surface area (Å²) in [6.07, 6.45) is 3.82. The second-order valence-corrected chi connectivity index (χ2v) is 6.11. The van der Waals surface area contributed by atoms with E-state index >= 15 is 0 Å². The number of hydrogen-bond acceptors (Lipinski definition) is 3. The van der Waals surface area contributed by atoms with Crippen LogP contribution in [0.1, 0.15) is 18.1 Å². The summed E-state index contributed by atoms with van der Waals surface area (Å²) < 4.78 is 0. The standard InChI is InChI=1S/C21H20N2O2/c1-15(24)23-19-12-8-7-11-18(19)20(21(23)25)17(13-14-22(2)3)16-9-5-4-6-10-16/h4-14H,1-3H3/b14-13+,20-17+. The van der Waals surface area contributed by atoms with Gasteiger partial charge in [-0.15, -0.1) is 0 Å². The van der Waals surface area contributed by atoms with Gasteiger partial charge in [-0.2, -0.15) is 0 Å². The number of imide groups is 1. The summed E-state index contributed by atoms with van der Waals surface area (Å²) in [5, 5.41) is 0. The highest BCUT2D eigenvalue weighted by Crippen LogP contribution is 2.41. The quantitative estimate of drug-likeness (QED) is 0.807. The molecule has 0 aliphatic carbocycles. The maximum atomic E-state index is 13.1. The zero-order valence-corrected chi connectivity index (χ0v) is 14.6. The molecule has 0 saturated heterocycles. The van der Waals surface area contributed by atoms with Gasteiger partial charge in [0.15, 0.2) is 0 Å². The molecule has 25 heavy (non-hydrogen) atoms. The second kappa shape index (κ2) is 6.77. The Labute approximate surface area is 147 Å². The van der Waals surface area contributed by atoms with Crippen LogP contribution in [0.4, 0.5) is 5.69 Å². The summed E-state index contributed by atoms with van der Waals surface area (Å²) in [5.41, 5.74) is 3.71. The number of hydrogen-bond donors (Lipinski definition) is 0. The molecule has 4 nitrogen and oxygen atoms in total. The molecule has 3 rings (SSSR count). The molecule has 0 N–H and O–H groups in total. The predicted molar refractivity (Wildman–Crippen MR) is 101 cm³/mol. The number of carbonyl (C=O) groups is 2. The minimum Gasteiger partial charge on any atom is -0.383 e. The molecule has 0 fully saturated rings. The topological polar surface area (TPSA) is 40.6 Å². The smallest absolute Gasteiger partial charge is 0.266 e. The van der Waals surface area contributed by atoms with E-state index in [2.05, 4.69) is 0 Å². The Morgan fingerprint density at radius 1 is 1.00 bits per heavy atom. The van der Waals surface area contributed by atoms with Crippen LogP contribution in [0.3, 0.4) is 0 Å². The van der Waals surface area contributed by atoms with Gasteiger partial charge in [0, 0.05) is 26.6 Å². The summed E-state index contributed by atoms with van der Waals surface area (Å²) in [6.45, 7) is 1.41. The van der Waals surface area contributed by atoms with Crippen LogP contribution in [0.2, 0.25) is 0 Å². The number of allylic oxidation sites excluding steroid dienone is 2. The predicted octanol–water partition coefficient (Wildman–Crippen LogP) is 3.57. The van der Waals surface area contributed by atoms with Crippen molar-refractivity contribution in [1.82, 2.24) is 4.90 Å². The first kappa shape index (κ1) is 16.7. The number of carbonyl (C=O) groups excluding carboxylic acids is 2. The highest BCUT2D eigenvalue weighted by molar-refractivity contribution is 6.43. The molecule has 0 bridgehead atoms. The number of fused-ring (bicyclic) bond motifs is 1. The van der Waals surface area contributed by atoms with Gasteiger partial charge in [0.05, 0.1) is 11.3 Å². The molecule has 1 aliphatic heterocycles. The maximum Gasteiger partial charge on any atom is 0.266 e. The summed E-state index contributed by atoms with van der Waals surface area (Å²) >= 11 is 0. The monoisotopic (exact) mass is 332 g/mol. The Hall–Kier alpha value is -3.14. The zero-order valence-electron chi connectivity index (χ0n) is 14.6. The molecule has 0 saturated carbocycles. The van der Waals surface area contributed by atoms with Crippen molar-refractivity contribution in [2.45, 2.75) is 6.92 Å². The van der Waals surface area contributed by atoms with E-state index in [1.165, 1.54) is 11.8 Å². The van der Waals surface area contributed by atoms with Crippen LogP contribution in [0.15, 0.2) is 66.9 Å². The summed E-state index contributed by atoms with van der Waals surface area (Å²) in [5.74, 6) is -0.563. The fourth-order valence-electron chi connectivity index (χ4n) is 2.95. The van der Waals surface area contributed by atoms with Crippen LogP contribution >= 0.6 is 0 Å². The van der Waals surface area contributed by atoms with Crippen molar-refractivity contribution in [3.8, 4) is 0 Å². The molecule has 1 aliphatic rings. The van der Waals surface area contributed by atoms with Crippen molar-refractivity contribution in [3.05, 3.63) is 78.0 Å². The van der Waals surface area contributed by atoms with Crippen LogP contribution in [0.25, 0.3) is 11.1 Å². The fourth-order valence-corrected chi connectivity index (χ4v) is 2.95. The fraction of sp³-hybridized carbons (Fsp3) is 0.143. The Morgan fingerprint density at radius 2 is 1.64 bits per heavy atom. The maximum absolute atomic E-state index is 13.1. The van der Waals surface area contributed by atoms with E-state index in [1.54, 1.807) is 6.07 Å². The van der Waals surface area contributed by atoms with Crippen molar-refractivity contribution in [2.24, 2.45) is 0 Å². The second-order valence-electron chi connectivity index (χ2n) is 6.11. The Bertz CT molecular complexity index is 880. The average Bonchev–Trinajstić information content (AvgIpc) is 2.88. The minimum absolute atomic E-state index is 0.281. The third-order valence-electron chi connectivity index (χ3n) is 4.04. The largest absolute Gasteiger partial charge is 0.383 e. The lowest BCUT2D eigenvalue weighted by molar-refractivity contribution is -0.122. The van der Waals surface area contributed by atoms with E-state index in [9.17, 15) is 9.59 Å². The molecule has 0 unspecified atom stereocenters. The van der Waals surface area contributed by atoms with Crippen molar-refractivity contribution in [3.63, 3.8) is 0 Å². The van der Waals surface area contributed by atoms with Gasteiger partial charge in [0.25, 0.3) is 5.91 Å². The lowest BCUT2D eigenvalue weighted by Crippen LogP contribution is -2.31. The first-order valence-electron chi connectivity index (χ1n) is 8.09. The normalized spacial score (nSPS) is 15.5. The molecule has 2 aromatic rings. The zero-order chi connectivity index (χ0) is 18.0. The molecule has 0 radical (unpaired) electrons. The number of rotatable bonds is 3. The number of nitrogens with zero attached hydrogens (tertiary/aromatic N) is 2. The van der Waals surface area contributed by atoms with E-state index in [-0.39, 0.29) is 11.8 Å². The molecular formula is C21H20N2O2. The average molecular weight is 332 g/mol. The van der Waals surface area contributed by atoms with Crippen LogP contribution in [0, 0.1) is 0 Å². The molecule has 0 atom stereocenters. The minimum atomic E-state index is -0.282. The number of anilines is 1. The summed E-state index contributed by atoms with van der Waals surface area (Å²) in [6, 6.07) is 17.2. The molecule has 4 heteroatoms. The SMILES string of the molecule is CC(=O)N1C(=O)/C(=C(\C=C\N(C)C)c2ccccc2)c2ccccc21. The third-order valence-corrected chi connectivity index (χ3v) is 4.04. The van der Waals surface area contributed by atoms with Gasteiger partial charge in [-0.05, 0) is 29.5 Å². The van der Waals surface area contributed by atoms with Gasteiger partial charge in [-0.1, -0.05) is 48.5 Å². The highest BCUT2D eigenvalue weighted by atomic mass is 16.2. The molecule has 126 valence electrons. The van der Waals surface area contributed by atoms with E-state index in [4.69, 9.17) is 0 Å². The first-order chi connectivity index (χ1) is 12.0. The van der Waals surface area contributed by atoms with Crippen LogP contribution in [0.5, 0.6) is 0 Å². The van der Waals surface area contributed by atoms with Crippen molar-refractivity contribution in [1.29, 1.82) is 0 Å².